The lowest BCUT2D eigenvalue weighted by molar-refractivity contribution is -0.116. The number of anilines is 2. The van der Waals surface area contributed by atoms with Crippen molar-refractivity contribution in [1.82, 2.24) is 10.6 Å². The quantitative estimate of drug-likeness (QED) is 0.215. The van der Waals surface area contributed by atoms with E-state index in [9.17, 15) is 4.79 Å². The molecule has 2 aromatic rings. The van der Waals surface area contributed by atoms with Crippen LogP contribution >= 0.6 is 24.0 Å². The summed E-state index contributed by atoms with van der Waals surface area (Å²) >= 11 is 0. The molecule has 0 spiro atoms. The zero-order valence-electron chi connectivity index (χ0n) is 20.1. The van der Waals surface area contributed by atoms with E-state index in [-0.39, 0.29) is 35.9 Å². The van der Waals surface area contributed by atoms with E-state index in [4.69, 9.17) is 4.99 Å². The van der Waals surface area contributed by atoms with Gasteiger partial charge in [0.25, 0.3) is 0 Å². The third-order valence-corrected chi connectivity index (χ3v) is 5.65. The van der Waals surface area contributed by atoms with Gasteiger partial charge in [-0.25, -0.2) is 4.99 Å². The van der Waals surface area contributed by atoms with Crippen molar-refractivity contribution in [3.8, 4) is 0 Å². The molecule has 7 heteroatoms. The molecule has 1 aliphatic rings. The highest BCUT2D eigenvalue weighted by atomic mass is 127. The number of benzene rings is 2. The van der Waals surface area contributed by atoms with E-state index in [0.29, 0.717) is 13.0 Å². The number of carbonyl (C=O) groups excluding carboxylic acids is 1. The van der Waals surface area contributed by atoms with Gasteiger partial charge in [-0.05, 0) is 68.5 Å². The summed E-state index contributed by atoms with van der Waals surface area (Å²) in [5.41, 5.74) is 4.43. The van der Waals surface area contributed by atoms with Gasteiger partial charge in [-0.15, -0.1) is 24.0 Å². The molecule has 180 valence electrons. The Balaban J connectivity index is 0.00000385. The van der Waals surface area contributed by atoms with Crippen molar-refractivity contribution in [1.29, 1.82) is 0 Å². The van der Waals surface area contributed by atoms with Crippen LogP contribution in [0, 0.1) is 0 Å². The first kappa shape index (κ1) is 27.0. The highest BCUT2D eigenvalue weighted by Gasteiger charge is 2.14. The molecule has 3 rings (SSSR count). The van der Waals surface area contributed by atoms with E-state index < -0.39 is 0 Å². The second-order valence-electron chi connectivity index (χ2n) is 8.35. The van der Waals surface area contributed by atoms with Crippen molar-refractivity contribution in [3.05, 3.63) is 59.7 Å². The second-order valence-corrected chi connectivity index (χ2v) is 8.35. The Morgan fingerprint density at radius 1 is 1.09 bits per heavy atom. The van der Waals surface area contributed by atoms with Crippen LogP contribution in [0.5, 0.6) is 0 Å². The lowest BCUT2D eigenvalue weighted by Gasteiger charge is -2.22. The summed E-state index contributed by atoms with van der Waals surface area (Å²) in [4.78, 5) is 19.1. The van der Waals surface area contributed by atoms with Crippen LogP contribution in [-0.4, -0.2) is 31.5 Å². The van der Waals surface area contributed by atoms with Crippen LogP contribution in [0.3, 0.4) is 0 Å². The van der Waals surface area contributed by atoms with Gasteiger partial charge in [0.1, 0.15) is 0 Å². The third-order valence-electron chi connectivity index (χ3n) is 5.65. The van der Waals surface area contributed by atoms with E-state index in [0.717, 1.165) is 43.3 Å². The molecule has 1 atom stereocenters. The Bertz CT molecular complexity index is 911. The first-order valence-corrected chi connectivity index (χ1v) is 11.9. The number of amides is 1. The number of nitrogens with zero attached hydrogens (tertiary/aromatic N) is 2. The number of hydrogen-bond acceptors (Lipinski definition) is 3. The minimum atomic E-state index is 0. The van der Waals surface area contributed by atoms with Gasteiger partial charge in [-0.3, -0.25) is 4.79 Å². The fourth-order valence-corrected chi connectivity index (χ4v) is 3.94. The topological polar surface area (TPSA) is 68.8 Å². The Kier molecular flexibility index (Phi) is 11.5. The smallest absolute Gasteiger partial charge is 0.224 e. The zero-order valence-corrected chi connectivity index (χ0v) is 22.4. The molecular weight excluding hydrogens is 525 g/mol. The van der Waals surface area contributed by atoms with Gasteiger partial charge >= 0.3 is 0 Å². The molecule has 2 aromatic carbocycles. The summed E-state index contributed by atoms with van der Waals surface area (Å²) in [7, 11) is 0. The molecule has 0 aromatic heterocycles. The van der Waals surface area contributed by atoms with Crippen LogP contribution in [0.15, 0.2) is 53.5 Å². The van der Waals surface area contributed by atoms with E-state index in [2.05, 4.69) is 59.0 Å². The Hall–Kier alpha value is -2.29. The zero-order chi connectivity index (χ0) is 22.8. The van der Waals surface area contributed by atoms with Crippen molar-refractivity contribution >= 4 is 47.2 Å². The summed E-state index contributed by atoms with van der Waals surface area (Å²) in [6.45, 7) is 9.86. The third kappa shape index (κ3) is 8.53. The van der Waals surface area contributed by atoms with Crippen LogP contribution in [0.2, 0.25) is 0 Å². The predicted octanol–water partition coefficient (Wildman–Crippen LogP) is 5.46. The molecule has 33 heavy (non-hydrogen) atoms. The standard InChI is InChI=1S/C26H37N5O.HI/c1-4-10-25(32)30-23-13-8-11-21(17-23)19-28-26(27-5-2)29-20(3)22-12-9-14-24(18-22)31-15-6-7-16-31;/h8-9,11-14,17-18,20H,4-7,10,15-16,19H2,1-3H3,(H,30,32)(H2,27,28,29);1H. The summed E-state index contributed by atoms with van der Waals surface area (Å²) in [5, 5.41) is 9.84. The van der Waals surface area contributed by atoms with Crippen molar-refractivity contribution in [2.45, 2.75) is 59.0 Å². The molecule has 0 aliphatic carbocycles. The van der Waals surface area contributed by atoms with Crippen molar-refractivity contribution in [2.75, 3.05) is 29.9 Å². The number of rotatable bonds is 9. The average Bonchev–Trinajstić information content (AvgIpc) is 3.33. The maximum Gasteiger partial charge on any atom is 0.224 e. The van der Waals surface area contributed by atoms with Crippen LogP contribution in [0.4, 0.5) is 11.4 Å². The summed E-state index contributed by atoms with van der Waals surface area (Å²) in [6, 6.07) is 16.8. The SMILES string of the molecule is CCCC(=O)Nc1cccc(CN=C(NCC)NC(C)c2cccc(N3CCCC3)c2)c1.I. The molecule has 0 bridgehead atoms. The van der Waals surface area contributed by atoms with Crippen LogP contribution < -0.4 is 20.9 Å². The van der Waals surface area contributed by atoms with Crippen LogP contribution in [0.1, 0.15) is 63.6 Å². The van der Waals surface area contributed by atoms with Crippen molar-refractivity contribution in [3.63, 3.8) is 0 Å². The molecule has 1 fully saturated rings. The first-order valence-electron chi connectivity index (χ1n) is 11.9. The number of guanidine groups is 1. The van der Waals surface area contributed by atoms with Crippen LogP contribution in [-0.2, 0) is 11.3 Å². The minimum Gasteiger partial charge on any atom is -0.372 e. The highest BCUT2D eigenvalue weighted by molar-refractivity contribution is 14.0. The van der Waals surface area contributed by atoms with Crippen molar-refractivity contribution in [2.24, 2.45) is 4.99 Å². The van der Waals surface area contributed by atoms with E-state index in [1.165, 1.54) is 24.1 Å². The lowest BCUT2D eigenvalue weighted by Crippen LogP contribution is -2.38. The predicted molar refractivity (Wildman–Crippen MR) is 150 cm³/mol. The van der Waals surface area contributed by atoms with Gasteiger partial charge in [0.15, 0.2) is 5.96 Å². The van der Waals surface area contributed by atoms with E-state index in [1.807, 2.05) is 31.2 Å². The summed E-state index contributed by atoms with van der Waals surface area (Å²) < 4.78 is 0. The van der Waals surface area contributed by atoms with Gasteiger partial charge in [0, 0.05) is 37.4 Å². The Labute approximate surface area is 215 Å². The number of aliphatic imine (C=N–C) groups is 1. The molecule has 1 unspecified atom stereocenters. The van der Waals surface area contributed by atoms with Crippen molar-refractivity contribution < 1.29 is 4.79 Å². The fraction of sp³-hybridized carbons (Fsp3) is 0.462. The van der Waals surface area contributed by atoms with Gasteiger partial charge < -0.3 is 20.9 Å². The first-order chi connectivity index (χ1) is 15.6. The normalized spacial score (nSPS) is 14.4. The Morgan fingerprint density at radius 2 is 1.85 bits per heavy atom. The summed E-state index contributed by atoms with van der Waals surface area (Å²) in [6.07, 6.45) is 3.93. The minimum absolute atomic E-state index is 0. The van der Waals surface area contributed by atoms with Crippen LogP contribution in [0.25, 0.3) is 0 Å². The molecule has 1 saturated heterocycles. The summed E-state index contributed by atoms with van der Waals surface area (Å²) in [5.74, 6) is 0.833. The lowest BCUT2D eigenvalue weighted by atomic mass is 10.1. The van der Waals surface area contributed by atoms with E-state index >= 15 is 0 Å². The monoisotopic (exact) mass is 563 g/mol. The molecule has 1 heterocycles. The van der Waals surface area contributed by atoms with Gasteiger partial charge in [0.2, 0.25) is 5.91 Å². The molecule has 0 saturated carbocycles. The molecule has 1 amide bonds. The number of halogens is 1. The maximum atomic E-state index is 11.9. The fourth-order valence-electron chi connectivity index (χ4n) is 3.94. The average molecular weight is 564 g/mol. The highest BCUT2D eigenvalue weighted by Crippen LogP contribution is 2.24. The second kappa shape index (κ2) is 14.1. The van der Waals surface area contributed by atoms with Gasteiger partial charge in [-0.2, -0.15) is 0 Å². The number of nitrogens with one attached hydrogen (secondary N) is 3. The van der Waals surface area contributed by atoms with E-state index in [1.54, 1.807) is 0 Å². The van der Waals surface area contributed by atoms with Gasteiger partial charge in [0.05, 0.1) is 12.6 Å². The molecule has 1 aliphatic heterocycles. The molecular formula is C26H38IN5O. The number of carbonyl (C=O) groups is 1. The molecule has 6 nitrogen and oxygen atoms in total. The Morgan fingerprint density at radius 3 is 2.58 bits per heavy atom. The molecule has 3 N–H and O–H groups in total. The van der Waals surface area contributed by atoms with Gasteiger partial charge in [-0.1, -0.05) is 31.2 Å². The largest absolute Gasteiger partial charge is 0.372 e. The maximum absolute atomic E-state index is 11.9. The number of hydrogen-bond donors (Lipinski definition) is 3. The molecule has 0 radical (unpaired) electrons.